The molecule has 176 valence electrons. The van der Waals surface area contributed by atoms with Gasteiger partial charge in [-0.25, -0.2) is 13.4 Å². The summed E-state index contributed by atoms with van der Waals surface area (Å²) in [6, 6.07) is 16.3. The number of nitrogens with zero attached hydrogens (tertiary/aromatic N) is 2. The molecule has 0 aliphatic rings. The predicted molar refractivity (Wildman–Crippen MR) is 149 cm³/mol. The Bertz CT molecular complexity index is 1490. The molecule has 11 heteroatoms. The molecule has 0 saturated heterocycles. The van der Waals surface area contributed by atoms with Crippen molar-refractivity contribution in [3.8, 4) is 11.3 Å². The zero-order valence-corrected chi connectivity index (χ0v) is 22.7. The number of alkyl halides is 1. The Morgan fingerprint density at radius 3 is 2.59 bits per heavy atom. The largest absolute Gasteiger partial charge is 0.377 e. The molecule has 7 nitrogen and oxygen atoms in total. The lowest BCUT2D eigenvalue weighted by Gasteiger charge is -2.17. The van der Waals surface area contributed by atoms with Gasteiger partial charge in [-0.15, -0.1) is 22.9 Å². The molecular formula is C23H20ClIN4O3S2. The van der Waals surface area contributed by atoms with Crippen molar-refractivity contribution >= 4 is 88.7 Å². The average Bonchev–Trinajstić information content (AvgIpc) is 3.27. The number of hydrogen-bond acceptors (Lipinski definition) is 6. The minimum atomic E-state index is -3.88. The molecule has 3 aromatic carbocycles. The number of benzene rings is 3. The van der Waals surface area contributed by atoms with E-state index < -0.39 is 10.0 Å². The highest BCUT2D eigenvalue weighted by Gasteiger charge is 2.20. The summed E-state index contributed by atoms with van der Waals surface area (Å²) in [4.78, 5) is 18.1. The lowest BCUT2D eigenvalue weighted by Crippen LogP contribution is -2.15. The van der Waals surface area contributed by atoms with Gasteiger partial charge in [0.2, 0.25) is 5.91 Å². The van der Waals surface area contributed by atoms with E-state index in [4.69, 9.17) is 11.6 Å². The fourth-order valence-corrected chi connectivity index (χ4v) is 6.22. The molecule has 1 aromatic heterocycles. The molecule has 0 unspecified atom stereocenters. The van der Waals surface area contributed by atoms with Crippen LogP contribution in [0.1, 0.15) is 0 Å². The quantitative estimate of drug-likeness (QED) is 0.206. The Kier molecular flexibility index (Phi) is 7.31. The molecule has 0 radical (unpaired) electrons. The Labute approximate surface area is 220 Å². The molecule has 1 heterocycles. The van der Waals surface area contributed by atoms with Crippen LogP contribution in [0.25, 0.3) is 22.0 Å². The highest BCUT2D eigenvalue weighted by atomic mass is 127. The molecule has 0 fully saturated rings. The van der Waals surface area contributed by atoms with Crippen molar-refractivity contribution in [2.75, 3.05) is 34.9 Å². The maximum atomic E-state index is 13.5. The minimum absolute atomic E-state index is 0.158. The van der Waals surface area contributed by atoms with E-state index in [0.29, 0.717) is 27.5 Å². The number of fused-ring (bicyclic) bond motifs is 1. The second-order valence-electron chi connectivity index (χ2n) is 7.54. The van der Waals surface area contributed by atoms with Crippen LogP contribution in [0.3, 0.4) is 0 Å². The molecule has 4 aromatic rings. The number of anilines is 3. The third kappa shape index (κ3) is 5.14. The number of rotatable bonds is 7. The summed E-state index contributed by atoms with van der Waals surface area (Å²) in [5.41, 5.74) is 2.71. The van der Waals surface area contributed by atoms with E-state index in [1.54, 1.807) is 23.6 Å². The van der Waals surface area contributed by atoms with Crippen LogP contribution in [-0.2, 0) is 14.8 Å². The van der Waals surface area contributed by atoms with Crippen LogP contribution in [0.4, 0.5) is 16.5 Å². The van der Waals surface area contributed by atoms with Crippen molar-refractivity contribution in [2.45, 2.75) is 4.90 Å². The third-order valence-corrected chi connectivity index (χ3v) is 8.37. The average molecular weight is 627 g/mol. The summed E-state index contributed by atoms with van der Waals surface area (Å²) in [7, 11) is -0.0334. The molecule has 4 rings (SSSR count). The number of nitrogens with one attached hydrogen (secondary N) is 2. The van der Waals surface area contributed by atoms with Crippen LogP contribution < -0.4 is 14.9 Å². The summed E-state index contributed by atoms with van der Waals surface area (Å²) < 4.78 is 30.4. The summed E-state index contributed by atoms with van der Waals surface area (Å²) in [6.45, 7) is 0. The molecule has 0 atom stereocenters. The number of sulfonamides is 1. The van der Waals surface area contributed by atoms with Crippen molar-refractivity contribution in [1.82, 2.24) is 4.98 Å². The van der Waals surface area contributed by atoms with E-state index >= 15 is 0 Å². The number of hydrogen-bond donors (Lipinski definition) is 2. The second kappa shape index (κ2) is 10.1. The van der Waals surface area contributed by atoms with Crippen LogP contribution in [0.5, 0.6) is 0 Å². The van der Waals surface area contributed by atoms with E-state index in [-0.39, 0.29) is 16.7 Å². The number of thiazole rings is 1. The van der Waals surface area contributed by atoms with Gasteiger partial charge in [-0.2, -0.15) is 0 Å². The number of carbonyl (C=O) groups is 1. The first-order valence-corrected chi connectivity index (χ1v) is 14.0. The third-order valence-electron chi connectivity index (χ3n) is 5.01. The van der Waals surface area contributed by atoms with Crippen LogP contribution >= 0.6 is 45.5 Å². The topological polar surface area (TPSA) is 91.4 Å². The summed E-state index contributed by atoms with van der Waals surface area (Å²) >= 11 is 8.89. The highest BCUT2D eigenvalue weighted by Crippen LogP contribution is 2.33. The molecule has 2 N–H and O–H groups in total. The Morgan fingerprint density at radius 1 is 1.12 bits per heavy atom. The first-order valence-electron chi connectivity index (χ1n) is 10.0. The molecule has 0 aliphatic carbocycles. The van der Waals surface area contributed by atoms with Gasteiger partial charge in [-0.05, 0) is 46.9 Å². The van der Waals surface area contributed by atoms with Crippen molar-refractivity contribution < 1.29 is 13.2 Å². The minimum Gasteiger partial charge on any atom is -0.377 e. The van der Waals surface area contributed by atoms with Crippen LogP contribution in [-0.4, -0.2) is 39.3 Å². The van der Waals surface area contributed by atoms with E-state index in [1.165, 1.54) is 11.3 Å². The summed E-state index contributed by atoms with van der Waals surface area (Å²) in [6.07, 6.45) is 0. The SMILES string of the molecule is CN(C)c1cccc2c(S(=O)(=O)Nc3cc(-c4csc(NC(=O)CCl)n4)ccc3I)cccc12. The lowest BCUT2D eigenvalue weighted by atomic mass is 10.1. The normalized spacial score (nSPS) is 11.4. The molecular weight excluding hydrogens is 607 g/mol. The van der Waals surface area contributed by atoms with E-state index in [2.05, 4.69) is 37.6 Å². The van der Waals surface area contributed by atoms with Gasteiger partial charge in [0, 0.05) is 45.1 Å². The standard InChI is InChI=1S/C23H20ClIN4O3S2/c1-29(2)20-7-3-6-16-15(20)5-4-8-21(16)34(31,32)28-18-11-14(9-10-17(18)25)19-13-33-23(26-19)27-22(30)12-24/h3-11,13,28H,12H2,1-2H3,(H,26,27,30). The zero-order chi connectivity index (χ0) is 24.5. The molecule has 0 bridgehead atoms. The number of halogens is 2. The van der Waals surface area contributed by atoms with Crippen molar-refractivity contribution in [3.63, 3.8) is 0 Å². The van der Waals surface area contributed by atoms with Crippen LogP contribution in [0.2, 0.25) is 0 Å². The lowest BCUT2D eigenvalue weighted by molar-refractivity contribution is -0.113. The maximum absolute atomic E-state index is 13.5. The number of amides is 1. The fourth-order valence-electron chi connectivity index (χ4n) is 3.47. The van der Waals surface area contributed by atoms with Gasteiger partial charge in [0.1, 0.15) is 5.88 Å². The molecule has 34 heavy (non-hydrogen) atoms. The van der Waals surface area contributed by atoms with Crippen molar-refractivity contribution in [1.29, 1.82) is 0 Å². The number of carbonyl (C=O) groups excluding carboxylic acids is 1. The van der Waals surface area contributed by atoms with Gasteiger partial charge in [0.05, 0.1) is 16.3 Å². The van der Waals surface area contributed by atoms with Crippen LogP contribution in [0.15, 0.2) is 64.9 Å². The van der Waals surface area contributed by atoms with Gasteiger partial charge >= 0.3 is 0 Å². The molecule has 0 aliphatic heterocycles. The van der Waals surface area contributed by atoms with E-state index in [9.17, 15) is 13.2 Å². The fraction of sp³-hybridized carbons (Fsp3) is 0.130. The van der Waals surface area contributed by atoms with Gasteiger partial charge in [-0.3, -0.25) is 9.52 Å². The van der Waals surface area contributed by atoms with Gasteiger partial charge in [0.15, 0.2) is 5.13 Å². The highest BCUT2D eigenvalue weighted by molar-refractivity contribution is 14.1. The van der Waals surface area contributed by atoms with E-state index in [0.717, 1.165) is 14.6 Å². The predicted octanol–water partition coefficient (Wildman–Crippen LogP) is 5.61. The van der Waals surface area contributed by atoms with Crippen molar-refractivity contribution in [3.05, 3.63) is 63.5 Å². The molecule has 0 saturated carbocycles. The van der Waals surface area contributed by atoms with Crippen LogP contribution in [0, 0.1) is 3.57 Å². The first-order chi connectivity index (χ1) is 16.2. The van der Waals surface area contributed by atoms with Crippen molar-refractivity contribution in [2.24, 2.45) is 0 Å². The Hall–Kier alpha value is -2.41. The Balaban J connectivity index is 1.69. The van der Waals surface area contributed by atoms with Gasteiger partial charge in [-0.1, -0.05) is 30.3 Å². The summed E-state index contributed by atoms with van der Waals surface area (Å²) in [5.74, 6) is -0.500. The monoisotopic (exact) mass is 626 g/mol. The van der Waals surface area contributed by atoms with Gasteiger partial charge < -0.3 is 10.2 Å². The molecule has 1 amide bonds. The van der Waals surface area contributed by atoms with Gasteiger partial charge in [0.25, 0.3) is 10.0 Å². The second-order valence-corrected chi connectivity index (χ2v) is 11.5. The smallest absolute Gasteiger partial charge is 0.262 e. The number of aromatic nitrogens is 1. The van der Waals surface area contributed by atoms with E-state index in [1.807, 2.05) is 55.4 Å². The zero-order valence-electron chi connectivity index (χ0n) is 18.2. The summed E-state index contributed by atoms with van der Waals surface area (Å²) in [5, 5.41) is 6.33. The maximum Gasteiger partial charge on any atom is 0.262 e. The first kappa shape index (κ1) is 24.7. The molecule has 0 spiro atoms. The Morgan fingerprint density at radius 2 is 1.85 bits per heavy atom.